The summed E-state index contributed by atoms with van der Waals surface area (Å²) in [7, 11) is 0. The van der Waals surface area contributed by atoms with Crippen LogP contribution in [0, 0.1) is 0 Å². The summed E-state index contributed by atoms with van der Waals surface area (Å²) in [4.78, 5) is 10.6. The number of ether oxygens (including phenoxy) is 1. The van der Waals surface area contributed by atoms with Gasteiger partial charge in [-0.1, -0.05) is 6.58 Å². The van der Waals surface area contributed by atoms with Gasteiger partial charge in [-0.3, -0.25) is 0 Å². The number of hydrogen-bond donors (Lipinski definition) is 0. The van der Waals surface area contributed by atoms with Gasteiger partial charge < -0.3 is 4.74 Å². The average molecular weight is 164 g/mol. The molecule has 0 amide bonds. The first-order valence-electron chi connectivity index (χ1n) is 3.13. The highest BCUT2D eigenvalue weighted by Gasteiger charge is 2.18. The van der Waals surface area contributed by atoms with Crippen LogP contribution >= 0.6 is 0 Å². The predicted octanol–water partition coefficient (Wildman–Crippen LogP) is 1.76. The second-order valence-corrected chi connectivity index (χ2v) is 2.28. The molecular formula is C7H10F2O2. The number of esters is 1. The largest absolute Gasteiger partial charge is 0.459 e. The Bertz CT molecular complexity index is 164. The van der Waals surface area contributed by atoms with E-state index in [0.29, 0.717) is 0 Å². The topological polar surface area (TPSA) is 26.3 Å². The summed E-state index contributed by atoms with van der Waals surface area (Å²) in [6.45, 7) is 6.04. The maximum Gasteiger partial charge on any atom is 0.339 e. The van der Waals surface area contributed by atoms with Crippen LogP contribution in [0.2, 0.25) is 0 Å². The normalized spacial score (nSPS) is 10.4. The van der Waals surface area contributed by atoms with Crippen molar-refractivity contribution in [1.29, 1.82) is 0 Å². The van der Waals surface area contributed by atoms with Crippen molar-refractivity contribution >= 4 is 5.97 Å². The summed E-state index contributed by atoms with van der Waals surface area (Å²) in [5.41, 5.74) is -0.793. The monoisotopic (exact) mass is 164 g/mol. The third kappa shape index (κ3) is 3.70. The van der Waals surface area contributed by atoms with Crippen LogP contribution in [0.4, 0.5) is 8.78 Å². The number of carbonyl (C=O) groups excluding carboxylic acids is 1. The van der Waals surface area contributed by atoms with Gasteiger partial charge >= 0.3 is 5.97 Å². The minimum Gasteiger partial charge on any atom is -0.459 e. The van der Waals surface area contributed by atoms with Crippen molar-refractivity contribution in [3.63, 3.8) is 0 Å². The summed E-state index contributed by atoms with van der Waals surface area (Å²) in [6.07, 6.45) is -3.22. The molecule has 0 aliphatic carbocycles. The zero-order chi connectivity index (χ0) is 9.02. The molecule has 0 saturated heterocycles. The highest BCUT2D eigenvalue weighted by molar-refractivity contribution is 5.88. The first kappa shape index (κ1) is 10.1. The van der Waals surface area contributed by atoms with Gasteiger partial charge in [-0.15, -0.1) is 0 Å². The van der Waals surface area contributed by atoms with Gasteiger partial charge in [-0.25, -0.2) is 13.6 Å². The fourth-order valence-corrected chi connectivity index (χ4v) is 0.379. The van der Waals surface area contributed by atoms with Crippen LogP contribution in [0.3, 0.4) is 0 Å². The molecule has 0 heterocycles. The molecule has 64 valence electrons. The molecule has 0 rings (SSSR count). The molecule has 0 bridgehead atoms. The van der Waals surface area contributed by atoms with Crippen LogP contribution in [-0.4, -0.2) is 18.5 Å². The molecule has 0 radical (unpaired) electrons. The minimum absolute atomic E-state index is 0.391. The van der Waals surface area contributed by atoms with E-state index in [-0.39, 0.29) is 0 Å². The van der Waals surface area contributed by atoms with E-state index in [2.05, 4.69) is 11.3 Å². The lowest BCUT2D eigenvalue weighted by molar-refractivity contribution is -0.144. The van der Waals surface area contributed by atoms with Gasteiger partial charge in [0, 0.05) is 0 Å². The van der Waals surface area contributed by atoms with Crippen molar-refractivity contribution in [2.45, 2.75) is 26.4 Å². The van der Waals surface area contributed by atoms with E-state index in [0.717, 1.165) is 0 Å². The van der Waals surface area contributed by atoms with E-state index in [1.165, 1.54) is 0 Å². The molecule has 2 nitrogen and oxygen atoms in total. The maximum atomic E-state index is 11.7. The Kier molecular flexibility index (Phi) is 3.71. The Morgan fingerprint density at radius 1 is 1.45 bits per heavy atom. The SMILES string of the molecule is C=C(C(=O)OC(C)C)C(F)F. The van der Waals surface area contributed by atoms with E-state index in [9.17, 15) is 13.6 Å². The zero-order valence-electron chi connectivity index (χ0n) is 6.43. The lowest BCUT2D eigenvalue weighted by atomic mass is 10.3. The molecule has 0 N–H and O–H groups in total. The summed E-state index contributed by atoms with van der Waals surface area (Å²) in [6, 6.07) is 0. The molecule has 0 aromatic heterocycles. The molecule has 0 aromatic rings. The van der Waals surface area contributed by atoms with Crippen LogP contribution in [0.1, 0.15) is 13.8 Å². The van der Waals surface area contributed by atoms with Crippen molar-refractivity contribution in [2.75, 3.05) is 0 Å². The van der Waals surface area contributed by atoms with Gasteiger partial charge in [0.1, 0.15) is 0 Å². The second kappa shape index (κ2) is 4.05. The molecule has 0 aromatic carbocycles. The van der Waals surface area contributed by atoms with E-state index >= 15 is 0 Å². The zero-order valence-corrected chi connectivity index (χ0v) is 6.43. The van der Waals surface area contributed by atoms with Gasteiger partial charge in [0.15, 0.2) is 0 Å². The van der Waals surface area contributed by atoms with Gasteiger partial charge in [-0.05, 0) is 13.8 Å². The van der Waals surface area contributed by atoms with Crippen molar-refractivity contribution < 1.29 is 18.3 Å². The third-order valence-electron chi connectivity index (χ3n) is 0.868. The molecule has 0 unspecified atom stereocenters. The van der Waals surface area contributed by atoms with E-state index in [1.807, 2.05) is 0 Å². The Balaban J connectivity index is 3.94. The van der Waals surface area contributed by atoms with Gasteiger partial charge in [0.05, 0.1) is 11.7 Å². The molecule has 0 aliphatic rings. The lowest BCUT2D eigenvalue weighted by Crippen LogP contribution is -2.16. The molecule has 0 saturated carbocycles. The van der Waals surface area contributed by atoms with E-state index < -0.39 is 24.1 Å². The summed E-state index contributed by atoms with van der Waals surface area (Å²) >= 11 is 0. The van der Waals surface area contributed by atoms with Crippen molar-refractivity contribution in [1.82, 2.24) is 0 Å². The summed E-state index contributed by atoms with van der Waals surface area (Å²) in [5.74, 6) is -1.03. The predicted molar refractivity (Wildman–Crippen MR) is 36.4 cm³/mol. The molecule has 0 spiro atoms. The number of halogens is 2. The van der Waals surface area contributed by atoms with Crippen LogP contribution in [0.5, 0.6) is 0 Å². The summed E-state index contributed by atoms with van der Waals surface area (Å²) < 4.78 is 27.9. The maximum absolute atomic E-state index is 11.7. The Labute approximate surface area is 63.8 Å². The van der Waals surface area contributed by atoms with Gasteiger partial charge in [0.25, 0.3) is 6.43 Å². The summed E-state index contributed by atoms with van der Waals surface area (Å²) in [5, 5.41) is 0. The Morgan fingerprint density at radius 2 is 1.91 bits per heavy atom. The molecule has 11 heavy (non-hydrogen) atoms. The number of carbonyl (C=O) groups is 1. The van der Waals surface area contributed by atoms with E-state index in [4.69, 9.17) is 0 Å². The third-order valence-corrected chi connectivity index (χ3v) is 0.868. The van der Waals surface area contributed by atoms with Crippen molar-refractivity contribution in [3.05, 3.63) is 12.2 Å². The van der Waals surface area contributed by atoms with Crippen LogP contribution < -0.4 is 0 Å². The minimum atomic E-state index is -2.83. The highest BCUT2D eigenvalue weighted by Crippen LogP contribution is 2.08. The second-order valence-electron chi connectivity index (χ2n) is 2.28. The lowest BCUT2D eigenvalue weighted by Gasteiger charge is -2.08. The van der Waals surface area contributed by atoms with Gasteiger partial charge in [0.2, 0.25) is 0 Å². The number of rotatable bonds is 3. The van der Waals surface area contributed by atoms with Gasteiger partial charge in [-0.2, -0.15) is 0 Å². The fraction of sp³-hybridized carbons (Fsp3) is 0.571. The first-order chi connectivity index (χ1) is 4.95. The van der Waals surface area contributed by atoms with Crippen molar-refractivity contribution in [2.24, 2.45) is 0 Å². The molecule has 0 fully saturated rings. The smallest absolute Gasteiger partial charge is 0.339 e. The van der Waals surface area contributed by atoms with Crippen LogP contribution in [0.15, 0.2) is 12.2 Å². The molecule has 4 heteroatoms. The number of hydrogen-bond acceptors (Lipinski definition) is 2. The fourth-order valence-electron chi connectivity index (χ4n) is 0.379. The molecule has 0 atom stereocenters. The molecular weight excluding hydrogens is 154 g/mol. The number of alkyl halides is 2. The van der Waals surface area contributed by atoms with Crippen LogP contribution in [0.25, 0.3) is 0 Å². The quantitative estimate of drug-likeness (QED) is 0.469. The van der Waals surface area contributed by atoms with E-state index in [1.54, 1.807) is 13.8 Å². The average Bonchev–Trinajstić information content (AvgIpc) is 1.84. The van der Waals surface area contributed by atoms with Crippen LogP contribution in [-0.2, 0) is 9.53 Å². The highest BCUT2D eigenvalue weighted by atomic mass is 19.3. The Hall–Kier alpha value is -0.930. The molecule has 0 aliphatic heterocycles. The Morgan fingerprint density at radius 3 is 2.18 bits per heavy atom. The first-order valence-corrected chi connectivity index (χ1v) is 3.13. The standard InChI is InChI=1S/C7H10F2O2/c1-4(2)11-7(10)5(3)6(8)9/h4,6H,3H2,1-2H3. The van der Waals surface area contributed by atoms with Crippen molar-refractivity contribution in [3.8, 4) is 0 Å².